The van der Waals surface area contributed by atoms with Crippen LogP contribution in [0.2, 0.25) is 0 Å². The number of aromatic nitrogens is 2. The number of pyridine rings is 2. The summed E-state index contributed by atoms with van der Waals surface area (Å²) in [6, 6.07) is 27.0. The van der Waals surface area contributed by atoms with E-state index < -0.39 is 48.4 Å². The van der Waals surface area contributed by atoms with Crippen LogP contribution in [0.3, 0.4) is 0 Å². The maximum Gasteiger partial charge on any atom is 0.315 e. The average Bonchev–Trinajstić information content (AvgIpc) is 4.05. The van der Waals surface area contributed by atoms with E-state index in [9.17, 15) is 19.2 Å². The second kappa shape index (κ2) is 21.5. The molecule has 2 aromatic heterocycles. The molecule has 0 spiro atoms. The zero-order chi connectivity index (χ0) is 40.6. The zero-order valence-electron chi connectivity index (χ0n) is 33.2. The first-order valence-corrected chi connectivity index (χ1v) is 19.9. The smallest absolute Gasteiger partial charge is 0.315 e. The molecule has 3 heterocycles. The second-order valence-corrected chi connectivity index (χ2v) is 14.7. The summed E-state index contributed by atoms with van der Waals surface area (Å²) in [6.07, 6.45) is 4.66. The fraction of sp³-hybridized carbons (Fsp3) is 0.409. The summed E-state index contributed by atoms with van der Waals surface area (Å²) in [7, 11) is 0. The summed E-state index contributed by atoms with van der Waals surface area (Å²) in [6.45, 7) is 8.24. The van der Waals surface area contributed by atoms with Gasteiger partial charge in [0.15, 0.2) is 0 Å². The number of hydrogen-bond acceptors (Lipinski definition) is 7. The van der Waals surface area contributed by atoms with Gasteiger partial charge in [-0.15, -0.1) is 0 Å². The van der Waals surface area contributed by atoms with Crippen molar-refractivity contribution in [1.29, 1.82) is 0 Å². The van der Waals surface area contributed by atoms with Crippen LogP contribution in [0.5, 0.6) is 0 Å². The molecule has 1 fully saturated rings. The Kier molecular flexibility index (Phi) is 15.9. The Labute approximate surface area is 335 Å². The average molecular weight is 777 g/mol. The van der Waals surface area contributed by atoms with Gasteiger partial charge >= 0.3 is 12.1 Å². The fourth-order valence-electron chi connectivity index (χ4n) is 6.70. The Morgan fingerprint density at radius 2 is 0.947 bits per heavy atom. The molecule has 6 amide bonds. The first kappa shape index (κ1) is 42.3. The Hall–Kier alpha value is -5.82. The van der Waals surface area contributed by atoms with Crippen LogP contribution in [0.4, 0.5) is 9.59 Å². The van der Waals surface area contributed by atoms with Crippen molar-refractivity contribution in [1.82, 2.24) is 41.9 Å². The summed E-state index contributed by atoms with van der Waals surface area (Å²) in [4.78, 5) is 62.9. The van der Waals surface area contributed by atoms with E-state index in [0.717, 1.165) is 11.1 Å². The summed E-state index contributed by atoms with van der Waals surface area (Å²) in [5.41, 5.74) is 3.40. The lowest BCUT2D eigenvalue weighted by Crippen LogP contribution is -2.57. The van der Waals surface area contributed by atoms with Crippen molar-refractivity contribution in [2.24, 2.45) is 11.8 Å². The Balaban J connectivity index is 1.32. The molecular weight excluding hydrogens is 721 g/mol. The predicted molar refractivity (Wildman–Crippen MR) is 219 cm³/mol. The maximum atomic E-state index is 14.1. The lowest BCUT2D eigenvalue weighted by atomic mass is 9.93. The molecule has 1 aliphatic rings. The van der Waals surface area contributed by atoms with Gasteiger partial charge in [-0.05, 0) is 60.1 Å². The van der Waals surface area contributed by atoms with Crippen molar-refractivity contribution in [3.05, 3.63) is 132 Å². The molecule has 2 aromatic carbocycles. The highest BCUT2D eigenvalue weighted by atomic mass is 16.6. The number of carbonyl (C=O) groups is 4. The van der Waals surface area contributed by atoms with Gasteiger partial charge in [0.25, 0.3) is 0 Å². The molecular formula is C44H56N8O5. The molecule has 302 valence electrons. The van der Waals surface area contributed by atoms with Gasteiger partial charge in [0.1, 0.15) is 24.3 Å². The van der Waals surface area contributed by atoms with Crippen molar-refractivity contribution in [2.45, 2.75) is 103 Å². The third-order valence-corrected chi connectivity index (χ3v) is 10.5. The van der Waals surface area contributed by atoms with Crippen molar-refractivity contribution >= 4 is 23.9 Å². The first-order valence-electron chi connectivity index (χ1n) is 19.9. The number of amides is 6. The number of urea groups is 2. The number of benzene rings is 2. The quantitative estimate of drug-likeness (QED) is 0.0697. The van der Waals surface area contributed by atoms with Crippen molar-refractivity contribution < 1.29 is 23.9 Å². The minimum absolute atomic E-state index is 0.171. The summed E-state index contributed by atoms with van der Waals surface area (Å²) >= 11 is 0. The summed E-state index contributed by atoms with van der Waals surface area (Å²) < 4.78 is 6.42. The first-order chi connectivity index (χ1) is 27.6. The Morgan fingerprint density at radius 3 is 1.30 bits per heavy atom. The molecule has 0 unspecified atom stereocenters. The number of epoxide rings is 1. The molecule has 0 aliphatic carbocycles. The van der Waals surface area contributed by atoms with Crippen LogP contribution in [-0.2, 0) is 40.3 Å². The summed E-state index contributed by atoms with van der Waals surface area (Å²) in [5, 5.41) is 17.9. The van der Waals surface area contributed by atoms with E-state index in [1.165, 1.54) is 0 Å². The topological polar surface area (TPSA) is 179 Å². The Morgan fingerprint density at radius 1 is 0.561 bits per heavy atom. The van der Waals surface area contributed by atoms with Crippen molar-refractivity contribution in [3.8, 4) is 0 Å². The van der Waals surface area contributed by atoms with Gasteiger partial charge in [0.05, 0.1) is 36.6 Å². The monoisotopic (exact) mass is 776 g/mol. The highest BCUT2D eigenvalue weighted by molar-refractivity contribution is 5.88. The molecule has 0 saturated carbocycles. The van der Waals surface area contributed by atoms with Crippen molar-refractivity contribution in [2.75, 3.05) is 0 Å². The van der Waals surface area contributed by atoms with Crippen molar-refractivity contribution in [3.63, 3.8) is 0 Å². The van der Waals surface area contributed by atoms with Gasteiger partial charge in [-0.2, -0.15) is 0 Å². The molecule has 1 saturated heterocycles. The number of hydrogen-bond donors (Lipinski definition) is 6. The number of rotatable bonds is 20. The molecule has 5 rings (SSSR count). The largest absolute Gasteiger partial charge is 0.365 e. The molecule has 0 radical (unpaired) electrons. The molecule has 4 aromatic rings. The van der Waals surface area contributed by atoms with E-state index in [4.69, 9.17) is 4.74 Å². The molecule has 1 aliphatic heterocycles. The number of nitrogens with one attached hydrogen (secondary N) is 6. The van der Waals surface area contributed by atoms with Crippen LogP contribution >= 0.6 is 0 Å². The Bertz CT molecular complexity index is 1720. The third kappa shape index (κ3) is 13.1. The molecule has 57 heavy (non-hydrogen) atoms. The lowest BCUT2D eigenvalue weighted by Gasteiger charge is -2.28. The minimum Gasteiger partial charge on any atom is -0.365 e. The van der Waals surface area contributed by atoms with Crippen LogP contribution in [0.1, 0.15) is 63.1 Å². The lowest BCUT2D eigenvalue weighted by molar-refractivity contribution is -0.125. The van der Waals surface area contributed by atoms with Gasteiger partial charge in [-0.25, -0.2) is 9.59 Å². The number of ether oxygens (including phenoxy) is 1. The number of carbonyl (C=O) groups excluding carboxylic acids is 4. The van der Waals surface area contributed by atoms with E-state index in [2.05, 4.69) is 41.9 Å². The van der Waals surface area contributed by atoms with Crippen LogP contribution < -0.4 is 31.9 Å². The number of nitrogens with zero attached hydrogens (tertiary/aromatic N) is 2. The highest BCUT2D eigenvalue weighted by Crippen LogP contribution is 2.32. The SMILES string of the molecule is CC[C@H](C)[C@H](NC(=O)NCc1ccccn1)C(=O)N[C@@H](Cc1ccccc1)[C@@H]1O[C@@H]1[C@H](Cc1ccccc1)NC(=O)[C@@H](NC(=O)NCc1ccccn1)[C@@H](C)CC. The van der Waals surface area contributed by atoms with Gasteiger partial charge in [0, 0.05) is 12.4 Å². The van der Waals surface area contributed by atoms with E-state index >= 15 is 0 Å². The van der Waals surface area contributed by atoms with E-state index in [1.807, 2.05) is 113 Å². The van der Waals surface area contributed by atoms with Crippen LogP contribution in [-0.4, -0.2) is 70.2 Å². The van der Waals surface area contributed by atoms with E-state index in [-0.39, 0.29) is 36.7 Å². The zero-order valence-corrected chi connectivity index (χ0v) is 33.2. The van der Waals surface area contributed by atoms with Gasteiger partial charge in [-0.3, -0.25) is 19.6 Å². The molecule has 8 atom stereocenters. The highest BCUT2D eigenvalue weighted by Gasteiger charge is 2.51. The van der Waals surface area contributed by atoms with E-state index in [1.54, 1.807) is 24.5 Å². The normalized spacial score (nSPS) is 17.7. The van der Waals surface area contributed by atoms with Gasteiger partial charge in [-0.1, -0.05) is 113 Å². The second-order valence-electron chi connectivity index (χ2n) is 14.7. The summed E-state index contributed by atoms with van der Waals surface area (Å²) in [5.74, 6) is -0.992. The van der Waals surface area contributed by atoms with Gasteiger partial charge in [0.2, 0.25) is 11.8 Å². The third-order valence-electron chi connectivity index (χ3n) is 10.5. The molecule has 6 N–H and O–H groups in total. The fourth-order valence-corrected chi connectivity index (χ4v) is 6.70. The molecule has 13 nitrogen and oxygen atoms in total. The molecule has 13 heteroatoms. The van der Waals surface area contributed by atoms with Crippen LogP contribution in [0, 0.1) is 11.8 Å². The standard InChI is InChI=1S/C44H56N8O5/c1-5-29(3)37(51-43(55)47-27-33-21-13-15-23-45-33)41(53)49-35(25-31-17-9-7-10-18-31)39-40(57-39)36(26-32-19-11-8-12-20-32)50-42(54)38(30(4)6-2)52-44(56)48-28-34-22-14-16-24-46-34/h7-24,29-30,35-40H,5-6,25-28H2,1-4H3,(H,49,53)(H,50,54)(H2,47,51,55)(H2,48,52,56)/t29-,30-,35-,36-,37-,38-,39-,40+/m0/s1. The van der Waals surface area contributed by atoms with Gasteiger partial charge < -0.3 is 36.6 Å². The van der Waals surface area contributed by atoms with Crippen LogP contribution in [0.15, 0.2) is 109 Å². The molecule has 0 bridgehead atoms. The predicted octanol–water partition coefficient (Wildman–Crippen LogP) is 4.83. The minimum atomic E-state index is -0.819. The van der Waals surface area contributed by atoms with Crippen LogP contribution in [0.25, 0.3) is 0 Å². The van der Waals surface area contributed by atoms with E-state index in [0.29, 0.717) is 37.1 Å². The maximum absolute atomic E-state index is 14.1.